The second-order valence-electron chi connectivity index (χ2n) is 6.55. The van der Waals surface area contributed by atoms with Crippen molar-refractivity contribution in [2.75, 3.05) is 12.4 Å². The summed E-state index contributed by atoms with van der Waals surface area (Å²) in [5.41, 5.74) is 2.48. The van der Waals surface area contributed by atoms with Gasteiger partial charge in [-0.05, 0) is 61.4 Å². The number of carbonyl (C=O) groups is 2. The Morgan fingerprint density at radius 2 is 1.75 bits per heavy atom. The molecule has 0 spiro atoms. The van der Waals surface area contributed by atoms with Gasteiger partial charge in [-0.3, -0.25) is 9.59 Å². The van der Waals surface area contributed by atoms with Crippen LogP contribution in [0.5, 0.6) is 5.75 Å². The van der Waals surface area contributed by atoms with E-state index in [2.05, 4.69) is 15.6 Å². The van der Waals surface area contributed by atoms with Gasteiger partial charge in [0, 0.05) is 28.2 Å². The molecule has 142 valence electrons. The Morgan fingerprint density at radius 1 is 1.04 bits per heavy atom. The summed E-state index contributed by atoms with van der Waals surface area (Å²) in [7, 11) is 1.62. The minimum absolute atomic E-state index is 0.0796. The SMILES string of the molecule is COc1ccc(-c2nc(C(=O)Nc3ccc(C(=O)NC4CC4)cc3)cs2)cc1. The summed E-state index contributed by atoms with van der Waals surface area (Å²) in [6.45, 7) is 0. The molecule has 1 aromatic heterocycles. The maximum Gasteiger partial charge on any atom is 0.275 e. The van der Waals surface area contributed by atoms with Crippen LogP contribution in [0.1, 0.15) is 33.7 Å². The van der Waals surface area contributed by atoms with Crippen molar-refractivity contribution in [2.45, 2.75) is 18.9 Å². The smallest absolute Gasteiger partial charge is 0.275 e. The van der Waals surface area contributed by atoms with Crippen LogP contribution in [0.4, 0.5) is 5.69 Å². The van der Waals surface area contributed by atoms with E-state index in [1.165, 1.54) is 11.3 Å². The van der Waals surface area contributed by atoms with Crippen LogP contribution in [0.2, 0.25) is 0 Å². The first-order valence-corrected chi connectivity index (χ1v) is 9.82. The van der Waals surface area contributed by atoms with E-state index in [1.54, 1.807) is 36.8 Å². The summed E-state index contributed by atoms with van der Waals surface area (Å²) >= 11 is 1.41. The predicted molar refractivity (Wildman–Crippen MR) is 109 cm³/mol. The Balaban J connectivity index is 1.40. The van der Waals surface area contributed by atoms with Crippen LogP contribution >= 0.6 is 11.3 Å². The summed E-state index contributed by atoms with van der Waals surface area (Å²) in [6.07, 6.45) is 2.10. The molecule has 6 nitrogen and oxygen atoms in total. The van der Waals surface area contributed by atoms with Crippen molar-refractivity contribution in [2.24, 2.45) is 0 Å². The molecule has 1 heterocycles. The van der Waals surface area contributed by atoms with Gasteiger partial charge in [-0.1, -0.05) is 0 Å². The zero-order valence-corrected chi connectivity index (χ0v) is 16.1. The van der Waals surface area contributed by atoms with Gasteiger partial charge in [0.05, 0.1) is 7.11 Å². The average molecular weight is 393 g/mol. The third-order valence-electron chi connectivity index (χ3n) is 4.39. The molecule has 28 heavy (non-hydrogen) atoms. The van der Waals surface area contributed by atoms with Gasteiger partial charge in [0.25, 0.3) is 11.8 Å². The zero-order valence-electron chi connectivity index (χ0n) is 15.3. The van der Waals surface area contributed by atoms with Gasteiger partial charge in [0.15, 0.2) is 0 Å². The normalized spacial score (nSPS) is 13.0. The van der Waals surface area contributed by atoms with Gasteiger partial charge in [-0.2, -0.15) is 0 Å². The molecule has 0 radical (unpaired) electrons. The lowest BCUT2D eigenvalue weighted by Gasteiger charge is -2.06. The molecule has 0 aliphatic heterocycles. The monoisotopic (exact) mass is 393 g/mol. The van der Waals surface area contributed by atoms with Crippen molar-refractivity contribution < 1.29 is 14.3 Å². The number of benzene rings is 2. The number of nitrogens with zero attached hydrogens (tertiary/aromatic N) is 1. The fourth-order valence-corrected chi connectivity index (χ4v) is 3.45. The first kappa shape index (κ1) is 18.2. The van der Waals surface area contributed by atoms with E-state index in [0.29, 0.717) is 23.0 Å². The lowest BCUT2D eigenvalue weighted by molar-refractivity contribution is 0.0950. The van der Waals surface area contributed by atoms with E-state index in [9.17, 15) is 9.59 Å². The molecule has 1 aliphatic carbocycles. The number of amides is 2. The number of methoxy groups -OCH3 is 1. The van der Waals surface area contributed by atoms with E-state index >= 15 is 0 Å². The molecule has 4 rings (SSSR count). The molecule has 0 unspecified atom stereocenters. The van der Waals surface area contributed by atoms with Crippen molar-refractivity contribution in [1.82, 2.24) is 10.3 Å². The molecule has 1 aliphatic rings. The van der Waals surface area contributed by atoms with Crippen molar-refractivity contribution in [1.29, 1.82) is 0 Å². The Morgan fingerprint density at radius 3 is 2.39 bits per heavy atom. The minimum Gasteiger partial charge on any atom is -0.497 e. The number of ether oxygens (including phenoxy) is 1. The highest BCUT2D eigenvalue weighted by molar-refractivity contribution is 7.13. The molecule has 0 atom stereocenters. The second kappa shape index (κ2) is 7.82. The average Bonchev–Trinajstić information content (AvgIpc) is 3.40. The topological polar surface area (TPSA) is 80.3 Å². The van der Waals surface area contributed by atoms with Crippen LogP contribution in [0.25, 0.3) is 10.6 Å². The number of hydrogen-bond acceptors (Lipinski definition) is 5. The number of thiazole rings is 1. The van der Waals surface area contributed by atoms with E-state index in [1.807, 2.05) is 24.3 Å². The molecule has 2 N–H and O–H groups in total. The maximum absolute atomic E-state index is 12.5. The number of aromatic nitrogens is 1. The van der Waals surface area contributed by atoms with Gasteiger partial charge in [0.1, 0.15) is 16.5 Å². The Kier molecular flexibility index (Phi) is 5.08. The van der Waals surface area contributed by atoms with E-state index in [4.69, 9.17) is 4.74 Å². The van der Waals surface area contributed by atoms with Crippen LogP contribution in [0.15, 0.2) is 53.9 Å². The summed E-state index contributed by atoms with van der Waals surface area (Å²) < 4.78 is 5.15. The Bertz CT molecular complexity index is 992. The molecule has 3 aromatic rings. The van der Waals surface area contributed by atoms with E-state index in [0.717, 1.165) is 29.2 Å². The molecular weight excluding hydrogens is 374 g/mol. The van der Waals surface area contributed by atoms with Crippen molar-refractivity contribution >= 4 is 28.8 Å². The van der Waals surface area contributed by atoms with Gasteiger partial charge >= 0.3 is 0 Å². The summed E-state index contributed by atoms with van der Waals surface area (Å²) in [4.78, 5) is 28.9. The highest BCUT2D eigenvalue weighted by Gasteiger charge is 2.23. The highest BCUT2D eigenvalue weighted by Crippen LogP contribution is 2.26. The van der Waals surface area contributed by atoms with Gasteiger partial charge in [-0.15, -0.1) is 11.3 Å². The molecule has 2 amide bonds. The molecule has 1 fully saturated rings. The minimum atomic E-state index is -0.286. The van der Waals surface area contributed by atoms with Gasteiger partial charge in [-0.25, -0.2) is 4.98 Å². The summed E-state index contributed by atoms with van der Waals surface area (Å²) in [5, 5.41) is 8.25. The molecule has 2 aromatic carbocycles. The van der Waals surface area contributed by atoms with Crippen LogP contribution in [0.3, 0.4) is 0 Å². The lowest BCUT2D eigenvalue weighted by atomic mass is 10.2. The van der Waals surface area contributed by atoms with E-state index in [-0.39, 0.29) is 11.8 Å². The van der Waals surface area contributed by atoms with Crippen molar-refractivity contribution in [3.8, 4) is 16.3 Å². The fourth-order valence-electron chi connectivity index (χ4n) is 2.64. The standard InChI is InChI=1S/C21H19N3O3S/c1-27-17-10-4-14(5-11-17)21-24-18(12-28-21)20(26)23-15-6-2-13(3-7-15)19(25)22-16-8-9-16/h2-7,10-12,16H,8-9H2,1H3,(H,22,25)(H,23,26). The van der Waals surface area contributed by atoms with Crippen LogP contribution in [-0.4, -0.2) is 29.9 Å². The summed E-state index contributed by atoms with van der Waals surface area (Å²) in [5.74, 6) is 0.405. The number of anilines is 1. The third kappa shape index (κ3) is 4.20. The van der Waals surface area contributed by atoms with Crippen LogP contribution in [0, 0.1) is 0 Å². The highest BCUT2D eigenvalue weighted by atomic mass is 32.1. The van der Waals surface area contributed by atoms with Crippen molar-refractivity contribution in [3.05, 3.63) is 65.2 Å². The third-order valence-corrected chi connectivity index (χ3v) is 5.28. The second-order valence-corrected chi connectivity index (χ2v) is 7.40. The Hall–Kier alpha value is -3.19. The van der Waals surface area contributed by atoms with E-state index < -0.39 is 0 Å². The first-order valence-electron chi connectivity index (χ1n) is 8.94. The van der Waals surface area contributed by atoms with Gasteiger partial charge in [0.2, 0.25) is 0 Å². The van der Waals surface area contributed by atoms with Crippen molar-refractivity contribution in [3.63, 3.8) is 0 Å². The maximum atomic E-state index is 12.5. The molecule has 1 saturated carbocycles. The lowest BCUT2D eigenvalue weighted by Crippen LogP contribution is -2.25. The number of rotatable bonds is 6. The fraction of sp³-hybridized carbons (Fsp3) is 0.190. The van der Waals surface area contributed by atoms with Crippen LogP contribution < -0.4 is 15.4 Å². The van der Waals surface area contributed by atoms with Gasteiger partial charge < -0.3 is 15.4 Å². The zero-order chi connectivity index (χ0) is 19.5. The number of carbonyl (C=O) groups excluding carboxylic acids is 2. The molecule has 0 bridgehead atoms. The number of hydrogen-bond donors (Lipinski definition) is 2. The molecule has 7 heteroatoms. The number of nitrogens with one attached hydrogen (secondary N) is 2. The first-order chi connectivity index (χ1) is 13.6. The largest absolute Gasteiger partial charge is 0.497 e. The Labute approximate surface area is 166 Å². The van der Waals surface area contributed by atoms with Crippen LogP contribution in [-0.2, 0) is 0 Å². The quantitative estimate of drug-likeness (QED) is 0.664. The predicted octanol–water partition coefficient (Wildman–Crippen LogP) is 3.96. The molecular formula is C21H19N3O3S. The summed E-state index contributed by atoms with van der Waals surface area (Å²) in [6, 6.07) is 14.7. The molecule has 0 saturated heterocycles.